The Morgan fingerprint density at radius 3 is 2.75 bits per heavy atom. The molecule has 1 spiro atoms. The van der Waals surface area contributed by atoms with Crippen LogP contribution in [0.2, 0.25) is 0 Å². The molecule has 7 nitrogen and oxygen atoms in total. The Kier molecular flexibility index (Phi) is 6.96. The summed E-state index contributed by atoms with van der Waals surface area (Å²) in [4.78, 5) is 41.1. The minimum Gasteiger partial charge on any atom is -0.355 e. The van der Waals surface area contributed by atoms with Gasteiger partial charge in [0.1, 0.15) is 12.1 Å². The zero-order valence-electron chi connectivity index (χ0n) is 17.5. The van der Waals surface area contributed by atoms with Crippen LogP contribution < -0.4 is 10.6 Å². The number of likely N-dealkylation sites (tertiary alicyclic amines) is 1. The molecule has 2 heterocycles. The molecule has 2 saturated heterocycles. The molecule has 0 radical (unpaired) electrons. The first-order chi connectivity index (χ1) is 13.4. The molecule has 2 aliphatic heterocycles. The zero-order chi connectivity index (χ0) is 20.1. The van der Waals surface area contributed by atoms with Crippen molar-refractivity contribution in [3.8, 4) is 0 Å². The molecule has 3 unspecified atom stereocenters. The summed E-state index contributed by atoms with van der Waals surface area (Å²) in [5.74, 6) is 0.422. The summed E-state index contributed by atoms with van der Waals surface area (Å²) in [5, 5.41) is 5.76. The smallest absolute Gasteiger partial charge is 0.325 e. The van der Waals surface area contributed by atoms with Gasteiger partial charge in [-0.2, -0.15) is 0 Å². The molecule has 1 saturated carbocycles. The van der Waals surface area contributed by atoms with E-state index in [4.69, 9.17) is 0 Å². The van der Waals surface area contributed by atoms with Crippen LogP contribution >= 0.6 is 0 Å². The number of hydrogen-bond donors (Lipinski definition) is 2. The average Bonchev–Trinajstić information content (AvgIpc) is 2.89. The number of unbranched alkanes of at least 4 members (excludes halogenated alkanes) is 1. The Morgan fingerprint density at radius 2 is 2.00 bits per heavy atom. The molecule has 3 aliphatic rings. The topological polar surface area (TPSA) is 81.8 Å². The fourth-order valence-corrected chi connectivity index (χ4v) is 5.02. The number of carbonyl (C=O) groups is 3. The second-order valence-corrected chi connectivity index (χ2v) is 9.04. The van der Waals surface area contributed by atoms with Gasteiger partial charge in [0.15, 0.2) is 0 Å². The van der Waals surface area contributed by atoms with Gasteiger partial charge in [-0.05, 0) is 63.5 Å². The van der Waals surface area contributed by atoms with E-state index in [9.17, 15) is 14.4 Å². The van der Waals surface area contributed by atoms with E-state index in [0.717, 1.165) is 49.5 Å². The van der Waals surface area contributed by atoms with Crippen molar-refractivity contribution in [2.45, 2.75) is 70.8 Å². The van der Waals surface area contributed by atoms with Gasteiger partial charge in [-0.1, -0.05) is 26.7 Å². The number of piperidine rings is 1. The number of carbonyl (C=O) groups excluding carboxylic acids is 3. The first-order valence-corrected chi connectivity index (χ1v) is 11.1. The first-order valence-electron chi connectivity index (χ1n) is 11.1. The van der Waals surface area contributed by atoms with Gasteiger partial charge in [0.25, 0.3) is 5.91 Å². The van der Waals surface area contributed by atoms with Gasteiger partial charge in [0.05, 0.1) is 0 Å². The van der Waals surface area contributed by atoms with E-state index in [1.165, 1.54) is 25.9 Å². The van der Waals surface area contributed by atoms with Gasteiger partial charge in [-0.3, -0.25) is 14.5 Å². The Bertz CT molecular complexity index is 596. The summed E-state index contributed by atoms with van der Waals surface area (Å²) < 4.78 is 0. The summed E-state index contributed by atoms with van der Waals surface area (Å²) in [7, 11) is 0. The third-order valence-corrected chi connectivity index (χ3v) is 6.77. The van der Waals surface area contributed by atoms with Gasteiger partial charge in [-0.25, -0.2) is 4.79 Å². The predicted octanol–water partition coefficient (Wildman–Crippen LogP) is 2.12. The number of imide groups is 1. The summed E-state index contributed by atoms with van der Waals surface area (Å²) in [5.41, 5.74) is -0.790. The molecule has 28 heavy (non-hydrogen) atoms. The van der Waals surface area contributed by atoms with E-state index in [0.29, 0.717) is 13.0 Å². The molecule has 158 valence electrons. The van der Waals surface area contributed by atoms with Crippen molar-refractivity contribution < 1.29 is 14.4 Å². The lowest BCUT2D eigenvalue weighted by molar-refractivity contribution is -0.137. The summed E-state index contributed by atoms with van der Waals surface area (Å²) in [6, 6.07) is -0.423. The predicted molar refractivity (Wildman–Crippen MR) is 108 cm³/mol. The first kappa shape index (κ1) is 21.1. The van der Waals surface area contributed by atoms with Gasteiger partial charge in [0, 0.05) is 13.1 Å². The summed E-state index contributed by atoms with van der Waals surface area (Å²) in [6.07, 6.45) is 8.21. The molecule has 3 rings (SSSR count). The number of rotatable bonds is 7. The van der Waals surface area contributed by atoms with Crippen LogP contribution in [-0.4, -0.2) is 65.9 Å². The highest BCUT2D eigenvalue weighted by molar-refractivity contribution is 6.09. The third kappa shape index (κ3) is 4.67. The number of nitrogens with one attached hydrogen (secondary N) is 2. The SMILES string of the molecule is CC1CCCN(CCCCNC(=O)CN2C(=O)NC3(CCCCC3C)C2=O)C1. The van der Waals surface area contributed by atoms with Crippen molar-refractivity contribution in [2.24, 2.45) is 11.8 Å². The lowest BCUT2D eigenvalue weighted by atomic mass is 9.73. The Hall–Kier alpha value is -1.63. The van der Waals surface area contributed by atoms with E-state index in [1.807, 2.05) is 6.92 Å². The highest BCUT2D eigenvalue weighted by atomic mass is 16.2. The molecule has 1 aliphatic carbocycles. The van der Waals surface area contributed by atoms with E-state index >= 15 is 0 Å². The monoisotopic (exact) mass is 392 g/mol. The van der Waals surface area contributed by atoms with Crippen molar-refractivity contribution in [3.63, 3.8) is 0 Å². The largest absolute Gasteiger partial charge is 0.355 e. The summed E-state index contributed by atoms with van der Waals surface area (Å²) >= 11 is 0. The van der Waals surface area contributed by atoms with E-state index in [-0.39, 0.29) is 24.3 Å². The minimum absolute atomic E-state index is 0.114. The molecule has 7 heteroatoms. The van der Waals surface area contributed by atoms with Crippen molar-refractivity contribution in [3.05, 3.63) is 0 Å². The minimum atomic E-state index is -0.790. The number of amides is 4. The molecule has 0 aromatic rings. The molecular weight excluding hydrogens is 356 g/mol. The summed E-state index contributed by atoms with van der Waals surface area (Å²) in [6.45, 7) is 8.18. The van der Waals surface area contributed by atoms with Crippen LogP contribution in [0, 0.1) is 11.8 Å². The van der Waals surface area contributed by atoms with Crippen molar-refractivity contribution in [2.75, 3.05) is 32.7 Å². The normalized spacial score (nSPS) is 31.3. The molecular formula is C21H36N4O3. The lowest BCUT2D eigenvalue weighted by Gasteiger charge is -2.36. The highest BCUT2D eigenvalue weighted by Gasteiger charge is 2.55. The van der Waals surface area contributed by atoms with Crippen LogP contribution in [0.1, 0.15) is 65.2 Å². The average molecular weight is 393 g/mol. The maximum atomic E-state index is 12.9. The zero-order valence-corrected chi connectivity index (χ0v) is 17.5. The fraction of sp³-hybridized carbons (Fsp3) is 0.857. The van der Waals surface area contributed by atoms with Gasteiger partial charge < -0.3 is 15.5 Å². The maximum Gasteiger partial charge on any atom is 0.325 e. The maximum absolute atomic E-state index is 12.9. The van der Waals surface area contributed by atoms with Crippen LogP contribution in [0.25, 0.3) is 0 Å². The molecule has 0 bridgehead atoms. The quantitative estimate of drug-likeness (QED) is 0.514. The standard InChI is InChI=1S/C21H36N4O3/c1-16-8-7-13-24(14-16)12-6-5-11-22-18(26)15-25-19(27)21(23-20(25)28)10-4-3-9-17(21)2/h16-17H,3-15H2,1-2H3,(H,22,26)(H,23,28). The van der Waals surface area contributed by atoms with Crippen LogP contribution in [0.15, 0.2) is 0 Å². The number of urea groups is 1. The van der Waals surface area contributed by atoms with Crippen molar-refractivity contribution >= 4 is 17.8 Å². The molecule has 2 N–H and O–H groups in total. The van der Waals surface area contributed by atoms with E-state index in [2.05, 4.69) is 22.5 Å². The van der Waals surface area contributed by atoms with Crippen molar-refractivity contribution in [1.29, 1.82) is 0 Å². The van der Waals surface area contributed by atoms with E-state index in [1.54, 1.807) is 0 Å². The van der Waals surface area contributed by atoms with Crippen LogP contribution in [-0.2, 0) is 9.59 Å². The van der Waals surface area contributed by atoms with Crippen molar-refractivity contribution in [1.82, 2.24) is 20.4 Å². The number of nitrogens with zero attached hydrogens (tertiary/aromatic N) is 2. The fourth-order valence-electron chi connectivity index (χ4n) is 5.02. The lowest BCUT2D eigenvalue weighted by Crippen LogP contribution is -2.54. The molecule has 4 amide bonds. The molecule has 3 fully saturated rings. The van der Waals surface area contributed by atoms with Crippen LogP contribution in [0.5, 0.6) is 0 Å². The Balaban J connectivity index is 1.37. The van der Waals surface area contributed by atoms with Gasteiger partial charge in [-0.15, -0.1) is 0 Å². The van der Waals surface area contributed by atoms with E-state index < -0.39 is 11.6 Å². The Morgan fingerprint density at radius 1 is 1.18 bits per heavy atom. The highest BCUT2D eigenvalue weighted by Crippen LogP contribution is 2.38. The second-order valence-electron chi connectivity index (χ2n) is 9.04. The Labute approximate surface area is 168 Å². The van der Waals surface area contributed by atoms with Gasteiger partial charge in [0.2, 0.25) is 5.91 Å². The molecule has 3 atom stereocenters. The number of hydrogen-bond acceptors (Lipinski definition) is 4. The molecule has 0 aromatic carbocycles. The second kappa shape index (κ2) is 9.25. The van der Waals surface area contributed by atoms with Gasteiger partial charge >= 0.3 is 6.03 Å². The third-order valence-electron chi connectivity index (χ3n) is 6.77. The van der Waals surface area contributed by atoms with Crippen LogP contribution in [0.3, 0.4) is 0 Å². The molecule has 0 aromatic heterocycles. The van der Waals surface area contributed by atoms with Crippen LogP contribution in [0.4, 0.5) is 4.79 Å².